The molecule has 2 rings (SSSR count). The van der Waals surface area contributed by atoms with Crippen LogP contribution in [0.4, 0.5) is 0 Å². The molecule has 1 aromatic carbocycles. The lowest BCUT2D eigenvalue weighted by Gasteiger charge is -2.30. The molecule has 0 radical (unpaired) electrons. The van der Waals surface area contributed by atoms with Gasteiger partial charge in [-0.1, -0.05) is 19.1 Å². The Morgan fingerprint density at radius 3 is 3.16 bits per heavy atom. The molecule has 0 saturated carbocycles. The number of hydrogen-bond acceptors (Lipinski definition) is 3. The summed E-state index contributed by atoms with van der Waals surface area (Å²) in [5.41, 5.74) is 1.93. The molecule has 102 valence electrons. The molecule has 1 saturated heterocycles. The Morgan fingerprint density at radius 1 is 1.47 bits per heavy atom. The van der Waals surface area contributed by atoms with Crippen LogP contribution >= 0.6 is 0 Å². The average molecular weight is 257 g/mol. The van der Waals surface area contributed by atoms with E-state index in [-0.39, 0.29) is 0 Å². The Bertz CT molecular complexity index is 436. The van der Waals surface area contributed by atoms with Gasteiger partial charge in [-0.05, 0) is 43.0 Å². The van der Waals surface area contributed by atoms with Crippen molar-refractivity contribution in [3.8, 4) is 6.07 Å². The van der Waals surface area contributed by atoms with E-state index in [0.717, 1.165) is 31.1 Å². The van der Waals surface area contributed by atoms with Gasteiger partial charge < -0.3 is 10.2 Å². The molecular formula is C16H23N3. The fourth-order valence-corrected chi connectivity index (χ4v) is 2.71. The summed E-state index contributed by atoms with van der Waals surface area (Å²) in [4.78, 5) is 2.55. The van der Waals surface area contributed by atoms with Crippen LogP contribution in [0.5, 0.6) is 0 Å². The predicted molar refractivity (Wildman–Crippen MR) is 77.7 cm³/mol. The van der Waals surface area contributed by atoms with Crippen molar-refractivity contribution in [3.63, 3.8) is 0 Å². The van der Waals surface area contributed by atoms with E-state index in [1.807, 2.05) is 18.2 Å². The van der Waals surface area contributed by atoms with E-state index >= 15 is 0 Å². The molecule has 1 atom stereocenters. The Hall–Kier alpha value is -1.37. The summed E-state index contributed by atoms with van der Waals surface area (Å²) < 4.78 is 0. The van der Waals surface area contributed by atoms with Crippen molar-refractivity contribution in [2.75, 3.05) is 26.2 Å². The zero-order valence-corrected chi connectivity index (χ0v) is 11.7. The molecule has 0 aliphatic carbocycles. The van der Waals surface area contributed by atoms with Gasteiger partial charge in [-0.3, -0.25) is 0 Å². The first-order chi connectivity index (χ1) is 9.28. The number of piperidine rings is 1. The Labute approximate surface area is 116 Å². The van der Waals surface area contributed by atoms with Crippen molar-refractivity contribution >= 4 is 0 Å². The standard InChI is InChI=1S/C16H23N3/c1-14-4-3-8-19(13-14)9-7-18-12-16-6-2-5-15(10-16)11-17/h2,5-6,10,14,18H,3-4,7-9,12-13H2,1H3. The van der Waals surface area contributed by atoms with Crippen molar-refractivity contribution in [2.24, 2.45) is 5.92 Å². The van der Waals surface area contributed by atoms with Crippen LogP contribution in [0.25, 0.3) is 0 Å². The number of hydrogen-bond donors (Lipinski definition) is 1. The summed E-state index contributed by atoms with van der Waals surface area (Å²) in [7, 11) is 0. The number of rotatable bonds is 5. The molecule has 0 bridgehead atoms. The van der Waals surface area contributed by atoms with Crippen LogP contribution in [0.1, 0.15) is 30.9 Å². The highest BCUT2D eigenvalue weighted by atomic mass is 15.1. The second-order valence-corrected chi connectivity index (χ2v) is 5.54. The van der Waals surface area contributed by atoms with Gasteiger partial charge in [-0.2, -0.15) is 5.26 Å². The summed E-state index contributed by atoms with van der Waals surface area (Å²) in [5.74, 6) is 0.848. The SMILES string of the molecule is CC1CCCN(CCNCc2cccc(C#N)c2)C1. The third kappa shape index (κ3) is 4.66. The molecule has 3 heteroatoms. The lowest BCUT2D eigenvalue weighted by molar-refractivity contribution is 0.184. The highest BCUT2D eigenvalue weighted by Crippen LogP contribution is 2.14. The maximum absolute atomic E-state index is 8.85. The normalized spacial score (nSPS) is 20.1. The molecule has 0 aromatic heterocycles. The first-order valence-corrected chi connectivity index (χ1v) is 7.20. The van der Waals surface area contributed by atoms with Crippen molar-refractivity contribution in [1.82, 2.24) is 10.2 Å². The largest absolute Gasteiger partial charge is 0.311 e. The summed E-state index contributed by atoms with van der Waals surface area (Å²) in [6, 6.07) is 9.99. The molecule has 1 aliphatic rings. The van der Waals surface area contributed by atoms with Gasteiger partial charge in [0.15, 0.2) is 0 Å². The minimum Gasteiger partial charge on any atom is -0.311 e. The molecule has 1 unspecified atom stereocenters. The maximum Gasteiger partial charge on any atom is 0.0991 e. The molecule has 0 amide bonds. The molecule has 1 fully saturated rings. The highest BCUT2D eigenvalue weighted by molar-refractivity contribution is 5.32. The quantitative estimate of drug-likeness (QED) is 0.823. The first-order valence-electron chi connectivity index (χ1n) is 7.20. The van der Waals surface area contributed by atoms with Gasteiger partial charge in [0.1, 0.15) is 0 Å². The summed E-state index contributed by atoms with van der Waals surface area (Å²) in [6.45, 7) is 7.82. The molecule has 1 heterocycles. The lowest BCUT2D eigenvalue weighted by Crippen LogP contribution is -2.38. The molecule has 1 aromatic rings. The predicted octanol–water partition coefficient (Wildman–Crippen LogP) is 2.38. The van der Waals surface area contributed by atoms with Crippen LogP contribution in [0.2, 0.25) is 0 Å². The fourth-order valence-electron chi connectivity index (χ4n) is 2.71. The summed E-state index contributed by atoms with van der Waals surface area (Å²) in [6.07, 6.45) is 2.72. The number of nitriles is 1. The molecule has 0 spiro atoms. The van der Waals surface area contributed by atoms with Crippen molar-refractivity contribution < 1.29 is 0 Å². The van der Waals surface area contributed by atoms with Crippen molar-refractivity contribution in [1.29, 1.82) is 5.26 Å². The van der Waals surface area contributed by atoms with Gasteiger partial charge in [-0.15, -0.1) is 0 Å². The summed E-state index contributed by atoms with van der Waals surface area (Å²) in [5, 5.41) is 12.3. The van der Waals surface area contributed by atoms with E-state index in [9.17, 15) is 0 Å². The average Bonchev–Trinajstić information content (AvgIpc) is 2.44. The Balaban J connectivity index is 1.67. The number of benzene rings is 1. The molecule has 1 N–H and O–H groups in total. The Morgan fingerprint density at radius 2 is 2.37 bits per heavy atom. The zero-order valence-electron chi connectivity index (χ0n) is 11.7. The number of nitrogens with zero attached hydrogens (tertiary/aromatic N) is 2. The maximum atomic E-state index is 8.85. The molecule has 1 aliphatic heterocycles. The highest BCUT2D eigenvalue weighted by Gasteiger charge is 2.15. The van der Waals surface area contributed by atoms with E-state index in [2.05, 4.69) is 29.3 Å². The second kappa shape index (κ2) is 7.28. The number of nitrogens with one attached hydrogen (secondary N) is 1. The van der Waals surface area contributed by atoms with E-state index in [1.54, 1.807) is 0 Å². The minimum absolute atomic E-state index is 0.740. The lowest BCUT2D eigenvalue weighted by atomic mass is 10.0. The van der Waals surface area contributed by atoms with Crippen LogP contribution in [0.3, 0.4) is 0 Å². The van der Waals surface area contributed by atoms with Crippen molar-refractivity contribution in [3.05, 3.63) is 35.4 Å². The fraction of sp³-hybridized carbons (Fsp3) is 0.562. The van der Waals surface area contributed by atoms with E-state index < -0.39 is 0 Å². The molecular weight excluding hydrogens is 234 g/mol. The van der Waals surface area contributed by atoms with Crippen LogP contribution in [0, 0.1) is 17.2 Å². The van der Waals surface area contributed by atoms with E-state index in [4.69, 9.17) is 5.26 Å². The second-order valence-electron chi connectivity index (χ2n) is 5.54. The van der Waals surface area contributed by atoms with Gasteiger partial charge in [-0.25, -0.2) is 0 Å². The van der Waals surface area contributed by atoms with Crippen LogP contribution in [-0.4, -0.2) is 31.1 Å². The van der Waals surface area contributed by atoms with E-state index in [0.29, 0.717) is 0 Å². The molecule has 3 nitrogen and oxygen atoms in total. The van der Waals surface area contributed by atoms with E-state index in [1.165, 1.54) is 31.5 Å². The molecule has 19 heavy (non-hydrogen) atoms. The van der Waals surface area contributed by atoms with Gasteiger partial charge in [0.05, 0.1) is 11.6 Å². The summed E-state index contributed by atoms with van der Waals surface area (Å²) >= 11 is 0. The third-order valence-electron chi connectivity index (χ3n) is 3.73. The van der Waals surface area contributed by atoms with Gasteiger partial charge in [0, 0.05) is 26.2 Å². The Kier molecular flexibility index (Phi) is 5.38. The number of likely N-dealkylation sites (tertiary alicyclic amines) is 1. The van der Waals surface area contributed by atoms with Crippen LogP contribution < -0.4 is 5.32 Å². The van der Waals surface area contributed by atoms with Crippen molar-refractivity contribution in [2.45, 2.75) is 26.3 Å². The topological polar surface area (TPSA) is 39.1 Å². The van der Waals surface area contributed by atoms with Gasteiger partial charge in [0.25, 0.3) is 0 Å². The third-order valence-corrected chi connectivity index (χ3v) is 3.73. The van der Waals surface area contributed by atoms with Gasteiger partial charge in [0.2, 0.25) is 0 Å². The zero-order chi connectivity index (χ0) is 13.5. The van der Waals surface area contributed by atoms with Crippen LogP contribution in [-0.2, 0) is 6.54 Å². The first kappa shape index (κ1) is 14.0. The monoisotopic (exact) mass is 257 g/mol. The minimum atomic E-state index is 0.740. The smallest absolute Gasteiger partial charge is 0.0991 e. The van der Waals surface area contributed by atoms with Gasteiger partial charge >= 0.3 is 0 Å². The van der Waals surface area contributed by atoms with Crippen LogP contribution in [0.15, 0.2) is 24.3 Å².